The van der Waals surface area contributed by atoms with E-state index in [9.17, 15) is 4.79 Å². The largest absolute Gasteiger partial charge is 0.480 e. The van der Waals surface area contributed by atoms with Crippen LogP contribution in [0.25, 0.3) is 0 Å². The van der Waals surface area contributed by atoms with E-state index in [1.54, 1.807) is 6.92 Å². The molecule has 1 fully saturated rings. The van der Waals surface area contributed by atoms with Crippen molar-refractivity contribution in [3.63, 3.8) is 0 Å². The van der Waals surface area contributed by atoms with Gasteiger partial charge in [-0.3, -0.25) is 4.79 Å². The third kappa shape index (κ3) is 2.81. The summed E-state index contributed by atoms with van der Waals surface area (Å²) in [4.78, 5) is 10.4. The number of nitrogens with one attached hydrogen (secondary N) is 1. The highest BCUT2D eigenvalue weighted by atomic mass is 16.4. The molecule has 3 heteroatoms. The monoisotopic (exact) mass is 171 g/mol. The normalized spacial score (nSPS) is 21.1. The molecular formula is C9H17NO2. The van der Waals surface area contributed by atoms with Crippen molar-refractivity contribution in [3.8, 4) is 0 Å². The molecule has 0 amide bonds. The van der Waals surface area contributed by atoms with Gasteiger partial charge < -0.3 is 10.4 Å². The van der Waals surface area contributed by atoms with Crippen molar-refractivity contribution in [3.05, 3.63) is 0 Å². The Morgan fingerprint density at radius 3 is 2.67 bits per heavy atom. The van der Waals surface area contributed by atoms with Crippen LogP contribution in [0.5, 0.6) is 0 Å². The molecule has 0 aromatic rings. The fraction of sp³-hybridized carbons (Fsp3) is 0.889. The predicted molar refractivity (Wildman–Crippen MR) is 47.1 cm³/mol. The van der Waals surface area contributed by atoms with Crippen molar-refractivity contribution in [2.45, 2.75) is 38.6 Å². The molecule has 1 aliphatic rings. The van der Waals surface area contributed by atoms with Gasteiger partial charge in [0.1, 0.15) is 6.04 Å². The summed E-state index contributed by atoms with van der Waals surface area (Å²) < 4.78 is 0. The lowest BCUT2D eigenvalue weighted by molar-refractivity contribution is -0.139. The van der Waals surface area contributed by atoms with Gasteiger partial charge in [-0.25, -0.2) is 0 Å². The Hall–Kier alpha value is -0.570. The minimum Gasteiger partial charge on any atom is -0.480 e. The molecule has 0 radical (unpaired) electrons. The van der Waals surface area contributed by atoms with E-state index in [-0.39, 0.29) is 0 Å². The van der Waals surface area contributed by atoms with Gasteiger partial charge in [0.25, 0.3) is 0 Å². The van der Waals surface area contributed by atoms with Crippen molar-refractivity contribution in [1.29, 1.82) is 0 Å². The second-order valence-electron chi connectivity index (χ2n) is 3.62. The molecule has 1 rings (SSSR count). The van der Waals surface area contributed by atoms with E-state index >= 15 is 0 Å². The summed E-state index contributed by atoms with van der Waals surface area (Å²) in [7, 11) is 0. The highest BCUT2D eigenvalue weighted by Gasteiger charge is 2.17. The van der Waals surface area contributed by atoms with Crippen LogP contribution in [-0.2, 0) is 4.79 Å². The van der Waals surface area contributed by atoms with Crippen LogP contribution in [0.3, 0.4) is 0 Å². The van der Waals surface area contributed by atoms with Crippen LogP contribution in [0.15, 0.2) is 0 Å². The molecule has 0 spiro atoms. The van der Waals surface area contributed by atoms with E-state index in [2.05, 4.69) is 5.32 Å². The Labute approximate surface area is 73.2 Å². The number of carboxylic acids is 1. The Morgan fingerprint density at radius 1 is 1.58 bits per heavy atom. The van der Waals surface area contributed by atoms with E-state index in [0.29, 0.717) is 5.92 Å². The van der Waals surface area contributed by atoms with Crippen molar-refractivity contribution in [2.24, 2.45) is 5.92 Å². The van der Waals surface area contributed by atoms with Crippen LogP contribution in [0, 0.1) is 5.92 Å². The average molecular weight is 171 g/mol. The zero-order chi connectivity index (χ0) is 8.97. The Morgan fingerprint density at radius 2 is 2.17 bits per heavy atom. The van der Waals surface area contributed by atoms with Gasteiger partial charge in [-0.1, -0.05) is 12.8 Å². The van der Waals surface area contributed by atoms with Gasteiger partial charge in [-0.15, -0.1) is 0 Å². The lowest BCUT2D eigenvalue weighted by Gasteiger charge is -2.13. The summed E-state index contributed by atoms with van der Waals surface area (Å²) >= 11 is 0. The zero-order valence-corrected chi connectivity index (χ0v) is 7.55. The lowest BCUT2D eigenvalue weighted by atomic mass is 10.1. The van der Waals surface area contributed by atoms with Gasteiger partial charge in [-0.05, 0) is 32.2 Å². The number of rotatable bonds is 4. The third-order valence-electron chi connectivity index (χ3n) is 2.56. The maximum Gasteiger partial charge on any atom is 0.320 e. The quantitative estimate of drug-likeness (QED) is 0.669. The van der Waals surface area contributed by atoms with Crippen molar-refractivity contribution in [2.75, 3.05) is 6.54 Å². The average Bonchev–Trinajstić information content (AvgIpc) is 2.51. The summed E-state index contributed by atoms with van der Waals surface area (Å²) in [5.74, 6) is -0.0419. The first kappa shape index (κ1) is 9.52. The van der Waals surface area contributed by atoms with Crippen molar-refractivity contribution in [1.82, 2.24) is 5.32 Å². The molecule has 0 bridgehead atoms. The lowest BCUT2D eigenvalue weighted by Crippen LogP contribution is -2.36. The highest BCUT2D eigenvalue weighted by Crippen LogP contribution is 2.23. The van der Waals surface area contributed by atoms with Crippen molar-refractivity contribution >= 4 is 5.97 Å². The Kier molecular flexibility index (Phi) is 3.53. The summed E-state index contributed by atoms with van der Waals surface area (Å²) in [6.45, 7) is 2.56. The molecule has 0 saturated heterocycles. The molecule has 1 aliphatic carbocycles. The molecule has 0 heterocycles. The topological polar surface area (TPSA) is 49.3 Å². The molecular weight excluding hydrogens is 154 g/mol. The van der Waals surface area contributed by atoms with Crippen molar-refractivity contribution < 1.29 is 9.90 Å². The molecule has 3 nitrogen and oxygen atoms in total. The first-order valence-corrected chi connectivity index (χ1v) is 4.66. The van der Waals surface area contributed by atoms with Gasteiger partial charge >= 0.3 is 5.97 Å². The molecule has 0 aliphatic heterocycles. The minimum atomic E-state index is -0.756. The zero-order valence-electron chi connectivity index (χ0n) is 7.55. The van der Waals surface area contributed by atoms with Crippen LogP contribution >= 0.6 is 0 Å². The van der Waals surface area contributed by atoms with E-state index < -0.39 is 12.0 Å². The Balaban J connectivity index is 2.11. The van der Waals surface area contributed by atoms with Gasteiger partial charge in [0.05, 0.1) is 0 Å². The van der Waals surface area contributed by atoms with E-state index in [1.165, 1.54) is 25.7 Å². The maximum absolute atomic E-state index is 10.4. The van der Waals surface area contributed by atoms with E-state index in [1.807, 2.05) is 0 Å². The number of aliphatic carboxylic acids is 1. The molecule has 0 aromatic carbocycles. The Bertz CT molecular complexity index is 153. The smallest absolute Gasteiger partial charge is 0.320 e. The molecule has 12 heavy (non-hydrogen) atoms. The van der Waals surface area contributed by atoms with Gasteiger partial charge in [0.2, 0.25) is 0 Å². The van der Waals surface area contributed by atoms with E-state index in [4.69, 9.17) is 5.11 Å². The molecule has 2 N–H and O–H groups in total. The molecule has 1 atom stereocenters. The predicted octanol–water partition coefficient (Wildman–Crippen LogP) is 1.24. The minimum absolute atomic E-state index is 0.398. The summed E-state index contributed by atoms with van der Waals surface area (Å²) in [6, 6.07) is -0.398. The molecule has 0 unspecified atom stereocenters. The molecule has 70 valence electrons. The number of hydrogen-bond acceptors (Lipinski definition) is 2. The second-order valence-corrected chi connectivity index (χ2v) is 3.62. The summed E-state index contributed by atoms with van der Waals surface area (Å²) in [5.41, 5.74) is 0. The van der Waals surface area contributed by atoms with Gasteiger partial charge in [-0.2, -0.15) is 0 Å². The first-order valence-electron chi connectivity index (χ1n) is 4.66. The van der Waals surface area contributed by atoms with Crippen LogP contribution in [0.4, 0.5) is 0 Å². The molecule has 0 aromatic heterocycles. The van der Waals surface area contributed by atoms with Crippen LogP contribution in [0.2, 0.25) is 0 Å². The first-order chi connectivity index (χ1) is 5.70. The van der Waals surface area contributed by atoms with Crippen LogP contribution in [0.1, 0.15) is 32.6 Å². The fourth-order valence-corrected chi connectivity index (χ4v) is 1.65. The summed E-state index contributed by atoms with van der Waals surface area (Å²) in [6.07, 6.45) is 5.15. The summed E-state index contributed by atoms with van der Waals surface area (Å²) in [5, 5.41) is 11.6. The standard InChI is InChI=1S/C9H17NO2/c1-7(9(11)12)10-6-8-4-2-3-5-8/h7-8,10H,2-6H2,1H3,(H,11,12)/t7-/m0/s1. The van der Waals surface area contributed by atoms with Gasteiger partial charge in [0, 0.05) is 0 Å². The maximum atomic E-state index is 10.4. The fourth-order valence-electron chi connectivity index (χ4n) is 1.65. The van der Waals surface area contributed by atoms with Crippen LogP contribution in [-0.4, -0.2) is 23.7 Å². The van der Waals surface area contributed by atoms with Gasteiger partial charge in [0.15, 0.2) is 0 Å². The second kappa shape index (κ2) is 4.45. The number of carboxylic acid groups (broad SMARTS) is 1. The SMILES string of the molecule is C[C@H](NCC1CCCC1)C(=O)O. The van der Waals surface area contributed by atoms with E-state index in [0.717, 1.165) is 6.54 Å². The third-order valence-corrected chi connectivity index (χ3v) is 2.56. The number of carbonyl (C=O) groups is 1. The highest BCUT2D eigenvalue weighted by molar-refractivity contribution is 5.72. The molecule has 1 saturated carbocycles. The van der Waals surface area contributed by atoms with Crippen LogP contribution < -0.4 is 5.32 Å². The number of hydrogen-bond donors (Lipinski definition) is 2.